The van der Waals surface area contributed by atoms with E-state index in [1.54, 1.807) is 17.5 Å². The van der Waals surface area contributed by atoms with Crippen molar-refractivity contribution in [2.45, 2.75) is 20.4 Å². The largest absolute Gasteiger partial charge is 0.465 e. The Morgan fingerprint density at radius 2 is 1.69 bits per heavy atom. The van der Waals surface area contributed by atoms with Crippen LogP contribution in [0.25, 0.3) is 22.6 Å². The molecule has 0 unspecified atom stereocenters. The Kier molecular flexibility index (Phi) is 5.48. The number of nitrogens with zero attached hydrogens (tertiary/aromatic N) is 5. The Hall–Kier alpha value is -4.60. The quantitative estimate of drug-likeness (QED) is 0.352. The van der Waals surface area contributed by atoms with Crippen LogP contribution in [0.5, 0.6) is 11.5 Å². The highest BCUT2D eigenvalue weighted by Crippen LogP contribution is 2.25. The molecule has 5 rings (SSSR count). The van der Waals surface area contributed by atoms with Crippen LogP contribution in [0.15, 0.2) is 70.4 Å². The molecule has 3 aromatic heterocycles. The van der Waals surface area contributed by atoms with E-state index in [-0.39, 0.29) is 17.8 Å². The summed E-state index contributed by atoms with van der Waals surface area (Å²) in [7, 11) is 1.52. The van der Waals surface area contributed by atoms with Crippen molar-refractivity contribution < 1.29 is 14.3 Å². The molecule has 0 aliphatic carbocycles. The highest BCUT2D eigenvalue weighted by molar-refractivity contribution is 5.77. The first-order valence-electron chi connectivity index (χ1n) is 11.1. The summed E-state index contributed by atoms with van der Waals surface area (Å²) in [5.41, 5.74) is 0.834. The normalized spacial score (nSPS) is 11.3. The number of esters is 1. The Morgan fingerprint density at radius 1 is 1.00 bits per heavy atom. The molecule has 0 amide bonds. The maximum atomic E-state index is 13.2. The molecule has 10 nitrogen and oxygen atoms in total. The standard InChI is InChI=1S/C25H23N5O5/c1-4-34-20(31)15-29-23(32)21-22(27(3)25(29)33)26-24-28(21)14-16(2)30(24)17-10-12-19(13-11-17)35-18-8-6-5-7-9-18/h5-14H,4,15H2,1-3H3. The van der Waals surface area contributed by atoms with Crippen LogP contribution in [0.3, 0.4) is 0 Å². The van der Waals surface area contributed by atoms with E-state index in [9.17, 15) is 14.4 Å². The lowest BCUT2D eigenvalue weighted by atomic mass is 10.3. The fraction of sp³-hybridized carbons (Fsp3) is 0.200. The SMILES string of the molecule is CCOC(=O)Cn1c(=O)c2c(nc3n(-c4ccc(Oc5ccccc5)cc4)c(C)cn23)n(C)c1=O. The van der Waals surface area contributed by atoms with Crippen LogP contribution >= 0.6 is 0 Å². The zero-order chi connectivity index (χ0) is 24.7. The molecule has 0 radical (unpaired) electrons. The fourth-order valence-corrected chi connectivity index (χ4v) is 4.09. The zero-order valence-corrected chi connectivity index (χ0v) is 19.5. The first-order valence-corrected chi connectivity index (χ1v) is 11.1. The van der Waals surface area contributed by atoms with Crippen molar-refractivity contribution in [1.29, 1.82) is 0 Å². The van der Waals surface area contributed by atoms with E-state index in [2.05, 4.69) is 4.98 Å². The van der Waals surface area contributed by atoms with Gasteiger partial charge in [-0.05, 0) is 50.2 Å². The summed E-state index contributed by atoms with van der Waals surface area (Å²) in [6, 6.07) is 17.0. The van der Waals surface area contributed by atoms with Gasteiger partial charge in [-0.3, -0.25) is 23.1 Å². The third-order valence-corrected chi connectivity index (χ3v) is 5.69. The van der Waals surface area contributed by atoms with Gasteiger partial charge < -0.3 is 9.47 Å². The molecule has 35 heavy (non-hydrogen) atoms. The van der Waals surface area contributed by atoms with E-state index in [1.807, 2.05) is 66.1 Å². The smallest absolute Gasteiger partial charge is 0.333 e. The number of rotatable bonds is 6. The van der Waals surface area contributed by atoms with E-state index >= 15 is 0 Å². The number of carbonyl (C=O) groups is 1. The molecule has 0 fully saturated rings. The molecule has 0 N–H and O–H groups in total. The number of fused-ring (bicyclic) bond motifs is 3. The molecule has 0 atom stereocenters. The highest BCUT2D eigenvalue weighted by Gasteiger charge is 2.22. The van der Waals surface area contributed by atoms with Crippen LogP contribution in [0.2, 0.25) is 0 Å². The molecular weight excluding hydrogens is 450 g/mol. The number of aromatic nitrogens is 5. The number of imidazole rings is 2. The van der Waals surface area contributed by atoms with Crippen molar-refractivity contribution >= 4 is 22.9 Å². The summed E-state index contributed by atoms with van der Waals surface area (Å²) in [5.74, 6) is 1.23. The summed E-state index contributed by atoms with van der Waals surface area (Å²) >= 11 is 0. The lowest BCUT2D eigenvalue weighted by Crippen LogP contribution is -2.41. The number of ether oxygens (including phenoxy) is 2. The number of carbonyl (C=O) groups excluding carboxylic acids is 1. The summed E-state index contributed by atoms with van der Waals surface area (Å²) in [6.45, 7) is 3.25. The van der Waals surface area contributed by atoms with Gasteiger partial charge in [0.15, 0.2) is 11.2 Å². The van der Waals surface area contributed by atoms with Crippen molar-refractivity contribution in [3.05, 3.63) is 87.3 Å². The van der Waals surface area contributed by atoms with Crippen molar-refractivity contribution in [3.8, 4) is 17.2 Å². The molecule has 10 heteroatoms. The van der Waals surface area contributed by atoms with E-state index < -0.39 is 23.8 Å². The van der Waals surface area contributed by atoms with Gasteiger partial charge in [0.2, 0.25) is 5.78 Å². The Bertz CT molecular complexity index is 1670. The van der Waals surface area contributed by atoms with E-state index in [4.69, 9.17) is 9.47 Å². The predicted molar refractivity (Wildman–Crippen MR) is 129 cm³/mol. The predicted octanol–water partition coefficient (Wildman–Crippen LogP) is 2.80. The first-order chi connectivity index (χ1) is 16.9. The number of hydrogen-bond acceptors (Lipinski definition) is 6. The van der Waals surface area contributed by atoms with Crippen LogP contribution in [0.4, 0.5) is 0 Å². The molecule has 0 aliphatic heterocycles. The van der Waals surface area contributed by atoms with Crippen LogP contribution in [-0.2, 0) is 23.1 Å². The maximum Gasteiger partial charge on any atom is 0.333 e. The molecular formula is C25H23N5O5. The molecule has 0 saturated heterocycles. The molecule has 5 aromatic rings. The van der Waals surface area contributed by atoms with Crippen molar-refractivity contribution in [1.82, 2.24) is 23.1 Å². The Balaban J connectivity index is 1.61. The minimum atomic E-state index is -0.654. The number of benzene rings is 2. The molecule has 2 aromatic carbocycles. The average molecular weight is 473 g/mol. The Morgan fingerprint density at radius 3 is 2.37 bits per heavy atom. The van der Waals surface area contributed by atoms with Crippen LogP contribution in [0, 0.1) is 6.92 Å². The minimum absolute atomic E-state index is 0.157. The molecule has 0 bridgehead atoms. The second kappa shape index (κ2) is 8.64. The zero-order valence-electron chi connectivity index (χ0n) is 19.5. The van der Waals surface area contributed by atoms with Crippen LogP contribution in [0.1, 0.15) is 12.6 Å². The second-order valence-electron chi connectivity index (χ2n) is 8.01. The van der Waals surface area contributed by atoms with Gasteiger partial charge in [-0.15, -0.1) is 0 Å². The fourth-order valence-electron chi connectivity index (χ4n) is 4.09. The van der Waals surface area contributed by atoms with E-state index in [0.29, 0.717) is 11.5 Å². The number of para-hydroxylation sites is 1. The second-order valence-corrected chi connectivity index (χ2v) is 8.01. The molecule has 3 heterocycles. The van der Waals surface area contributed by atoms with Crippen molar-refractivity contribution in [3.63, 3.8) is 0 Å². The molecule has 0 aliphatic rings. The third-order valence-electron chi connectivity index (χ3n) is 5.69. The minimum Gasteiger partial charge on any atom is -0.465 e. The highest BCUT2D eigenvalue weighted by atomic mass is 16.5. The van der Waals surface area contributed by atoms with Crippen LogP contribution in [-0.4, -0.2) is 35.7 Å². The van der Waals surface area contributed by atoms with Gasteiger partial charge in [0.1, 0.15) is 18.0 Å². The lowest BCUT2D eigenvalue weighted by Gasteiger charge is -2.09. The summed E-state index contributed by atoms with van der Waals surface area (Å²) in [6.07, 6.45) is 1.78. The molecule has 178 valence electrons. The monoisotopic (exact) mass is 473 g/mol. The van der Waals surface area contributed by atoms with Crippen molar-refractivity contribution in [2.24, 2.45) is 7.05 Å². The lowest BCUT2D eigenvalue weighted by molar-refractivity contribution is -0.143. The average Bonchev–Trinajstić information content (AvgIpc) is 3.36. The van der Waals surface area contributed by atoms with Gasteiger partial charge >= 0.3 is 11.7 Å². The van der Waals surface area contributed by atoms with Crippen molar-refractivity contribution in [2.75, 3.05) is 6.61 Å². The van der Waals surface area contributed by atoms with Gasteiger partial charge in [0.05, 0.1) is 6.61 Å². The van der Waals surface area contributed by atoms with Gasteiger partial charge in [-0.2, -0.15) is 4.98 Å². The van der Waals surface area contributed by atoms with Crippen LogP contribution < -0.4 is 16.0 Å². The Labute approximate surface area is 199 Å². The van der Waals surface area contributed by atoms with Gasteiger partial charge in [0, 0.05) is 24.6 Å². The summed E-state index contributed by atoms with van der Waals surface area (Å²) in [5, 5.41) is 0. The first kappa shape index (κ1) is 22.2. The summed E-state index contributed by atoms with van der Waals surface area (Å²) < 4.78 is 16.5. The number of aryl methyl sites for hydroxylation is 2. The number of hydrogen-bond donors (Lipinski definition) is 0. The van der Waals surface area contributed by atoms with E-state index in [1.165, 1.54) is 11.6 Å². The maximum absolute atomic E-state index is 13.2. The topological polar surface area (TPSA) is 102 Å². The van der Waals surface area contributed by atoms with Gasteiger partial charge in [0.25, 0.3) is 5.56 Å². The van der Waals surface area contributed by atoms with E-state index in [0.717, 1.165) is 21.7 Å². The van der Waals surface area contributed by atoms with Gasteiger partial charge in [-0.1, -0.05) is 18.2 Å². The third kappa shape index (κ3) is 3.78. The molecule has 0 saturated carbocycles. The summed E-state index contributed by atoms with van der Waals surface area (Å²) in [4.78, 5) is 42.6. The van der Waals surface area contributed by atoms with Gasteiger partial charge in [-0.25, -0.2) is 9.36 Å². The molecule has 0 spiro atoms.